The van der Waals surface area contributed by atoms with Crippen molar-refractivity contribution in [1.82, 2.24) is 10.2 Å². The molecular weight excluding hydrogens is 374 g/mol. The first-order valence-electron chi connectivity index (χ1n) is 7.95. The summed E-state index contributed by atoms with van der Waals surface area (Å²) in [7, 11) is 0. The number of nitrogens with one attached hydrogen (secondary N) is 1. The molecule has 1 aliphatic heterocycles. The first-order chi connectivity index (χ1) is 11.5. The highest BCUT2D eigenvalue weighted by atomic mass is 79.9. The Hall–Kier alpha value is -2.07. The van der Waals surface area contributed by atoms with E-state index in [0.29, 0.717) is 19.4 Å². The molecule has 2 N–H and O–H groups in total. The van der Waals surface area contributed by atoms with E-state index in [1.807, 2.05) is 24.3 Å². The number of likely N-dealkylation sites (tertiary alicyclic amines) is 1. The van der Waals surface area contributed by atoms with Crippen LogP contribution in [0.15, 0.2) is 28.7 Å². The third-order valence-electron chi connectivity index (χ3n) is 4.83. The fourth-order valence-corrected chi connectivity index (χ4v) is 3.65. The van der Waals surface area contributed by atoms with E-state index in [2.05, 4.69) is 27.3 Å². The van der Waals surface area contributed by atoms with Gasteiger partial charge in [0.2, 0.25) is 5.91 Å². The SMILES string of the molecule is N#C[C@@]1(NC(=O)C2CCCCN2C(=O)O)C[C@H]1c1ccc(Br)cc1. The lowest BCUT2D eigenvalue weighted by Gasteiger charge is -2.33. The van der Waals surface area contributed by atoms with Crippen molar-refractivity contribution < 1.29 is 14.7 Å². The van der Waals surface area contributed by atoms with Crippen LogP contribution in [0.5, 0.6) is 0 Å². The van der Waals surface area contributed by atoms with Crippen LogP contribution in [0.1, 0.15) is 37.2 Å². The van der Waals surface area contributed by atoms with Crippen molar-refractivity contribution in [3.05, 3.63) is 34.3 Å². The quantitative estimate of drug-likeness (QED) is 0.827. The van der Waals surface area contributed by atoms with Crippen LogP contribution in [0.25, 0.3) is 0 Å². The Balaban J connectivity index is 1.72. The van der Waals surface area contributed by atoms with Gasteiger partial charge in [-0.15, -0.1) is 0 Å². The average molecular weight is 392 g/mol. The van der Waals surface area contributed by atoms with Gasteiger partial charge in [0.1, 0.15) is 11.6 Å². The molecule has 0 aromatic heterocycles. The summed E-state index contributed by atoms with van der Waals surface area (Å²) in [5.41, 5.74) is 0.0748. The molecule has 3 rings (SSSR count). The van der Waals surface area contributed by atoms with Crippen LogP contribution in [0.3, 0.4) is 0 Å². The predicted molar refractivity (Wildman–Crippen MR) is 90.4 cm³/mol. The lowest BCUT2D eigenvalue weighted by Crippen LogP contribution is -2.54. The zero-order valence-corrected chi connectivity index (χ0v) is 14.6. The van der Waals surface area contributed by atoms with Gasteiger partial charge in [-0.2, -0.15) is 5.26 Å². The number of nitrogens with zero attached hydrogens (tertiary/aromatic N) is 2. The molecule has 6 nitrogen and oxygen atoms in total. The van der Waals surface area contributed by atoms with Crippen molar-refractivity contribution >= 4 is 27.9 Å². The molecule has 1 unspecified atom stereocenters. The van der Waals surface area contributed by atoms with Crippen molar-refractivity contribution in [2.45, 2.75) is 43.2 Å². The van der Waals surface area contributed by atoms with Gasteiger partial charge in [-0.3, -0.25) is 9.69 Å². The molecule has 2 amide bonds. The second-order valence-electron chi connectivity index (χ2n) is 6.37. The minimum atomic E-state index is -1.08. The number of piperidine rings is 1. The van der Waals surface area contributed by atoms with Crippen molar-refractivity contribution in [3.8, 4) is 6.07 Å². The molecule has 1 saturated carbocycles. The Kier molecular flexibility index (Phi) is 4.50. The molecule has 7 heteroatoms. The summed E-state index contributed by atoms with van der Waals surface area (Å²) in [5, 5.41) is 21.6. The maximum Gasteiger partial charge on any atom is 0.407 e. The maximum absolute atomic E-state index is 12.6. The number of carbonyl (C=O) groups is 2. The van der Waals surface area contributed by atoms with E-state index in [9.17, 15) is 20.0 Å². The lowest BCUT2D eigenvalue weighted by atomic mass is 10.0. The number of carboxylic acid groups (broad SMARTS) is 1. The van der Waals surface area contributed by atoms with E-state index in [-0.39, 0.29) is 11.8 Å². The summed E-state index contributed by atoms with van der Waals surface area (Å²) < 4.78 is 0.956. The molecule has 1 aliphatic carbocycles. The van der Waals surface area contributed by atoms with Crippen LogP contribution in [-0.4, -0.2) is 40.1 Å². The molecule has 126 valence electrons. The molecule has 1 aromatic rings. The van der Waals surface area contributed by atoms with Gasteiger partial charge < -0.3 is 10.4 Å². The van der Waals surface area contributed by atoms with Crippen LogP contribution in [0.4, 0.5) is 4.79 Å². The number of halogens is 1. The molecule has 1 heterocycles. The van der Waals surface area contributed by atoms with Crippen molar-refractivity contribution in [2.75, 3.05) is 6.54 Å². The average Bonchev–Trinajstić information content (AvgIpc) is 3.30. The Labute approximate surface area is 148 Å². The maximum atomic E-state index is 12.6. The first-order valence-corrected chi connectivity index (χ1v) is 8.74. The summed E-state index contributed by atoms with van der Waals surface area (Å²) in [5.74, 6) is -0.417. The fraction of sp³-hybridized carbons (Fsp3) is 0.471. The third kappa shape index (κ3) is 3.11. The van der Waals surface area contributed by atoms with Gasteiger partial charge in [-0.1, -0.05) is 28.1 Å². The second-order valence-corrected chi connectivity index (χ2v) is 7.28. The Morgan fingerprint density at radius 2 is 2.04 bits per heavy atom. The summed E-state index contributed by atoms with van der Waals surface area (Å²) in [6, 6.07) is 9.20. The standard InChI is InChI=1S/C17H18BrN3O3/c18-12-6-4-11(5-7-12)13-9-17(13,10-19)20-15(22)14-3-1-2-8-21(14)16(23)24/h4-7,13-14H,1-3,8-9H2,(H,20,22)(H,23,24)/t13-,14?,17-/m0/s1. The molecule has 3 atom stereocenters. The molecular formula is C17H18BrN3O3. The number of hydrogen-bond acceptors (Lipinski definition) is 3. The molecule has 2 aliphatic rings. The predicted octanol–water partition coefficient (Wildman–Crippen LogP) is 2.85. The normalized spacial score (nSPS) is 28.8. The minimum absolute atomic E-state index is 0.0542. The molecule has 0 radical (unpaired) electrons. The molecule has 1 saturated heterocycles. The lowest BCUT2D eigenvalue weighted by molar-refractivity contribution is -0.127. The summed E-state index contributed by atoms with van der Waals surface area (Å²) >= 11 is 3.38. The summed E-state index contributed by atoms with van der Waals surface area (Å²) in [4.78, 5) is 25.1. The molecule has 0 spiro atoms. The van der Waals surface area contributed by atoms with E-state index in [1.165, 1.54) is 4.90 Å². The van der Waals surface area contributed by atoms with Crippen molar-refractivity contribution in [3.63, 3.8) is 0 Å². The molecule has 24 heavy (non-hydrogen) atoms. The number of hydrogen-bond donors (Lipinski definition) is 2. The monoisotopic (exact) mass is 391 g/mol. The van der Waals surface area contributed by atoms with Crippen LogP contribution >= 0.6 is 15.9 Å². The van der Waals surface area contributed by atoms with Gasteiger partial charge in [-0.05, 0) is 43.4 Å². The molecule has 1 aromatic carbocycles. The van der Waals surface area contributed by atoms with Crippen LogP contribution < -0.4 is 5.32 Å². The fourth-order valence-electron chi connectivity index (χ4n) is 3.39. The first kappa shape index (κ1) is 16.8. The Bertz CT molecular complexity index is 700. The number of rotatable bonds is 3. The van der Waals surface area contributed by atoms with Gasteiger partial charge in [0.25, 0.3) is 0 Å². The van der Waals surface area contributed by atoms with Gasteiger partial charge in [0.15, 0.2) is 0 Å². The largest absolute Gasteiger partial charge is 0.465 e. The van der Waals surface area contributed by atoms with Crippen LogP contribution in [-0.2, 0) is 4.79 Å². The molecule has 0 bridgehead atoms. The summed E-state index contributed by atoms with van der Waals surface area (Å²) in [6.07, 6.45) is 1.55. The minimum Gasteiger partial charge on any atom is -0.465 e. The highest BCUT2D eigenvalue weighted by molar-refractivity contribution is 9.10. The van der Waals surface area contributed by atoms with E-state index < -0.39 is 17.7 Å². The third-order valence-corrected chi connectivity index (χ3v) is 5.36. The van der Waals surface area contributed by atoms with E-state index in [0.717, 1.165) is 22.9 Å². The second kappa shape index (κ2) is 6.44. The molecule has 2 fully saturated rings. The van der Waals surface area contributed by atoms with Gasteiger partial charge in [0.05, 0.1) is 6.07 Å². The number of carbonyl (C=O) groups excluding carboxylic acids is 1. The van der Waals surface area contributed by atoms with E-state index >= 15 is 0 Å². The van der Waals surface area contributed by atoms with E-state index in [4.69, 9.17) is 0 Å². The Morgan fingerprint density at radius 1 is 1.33 bits per heavy atom. The smallest absolute Gasteiger partial charge is 0.407 e. The van der Waals surface area contributed by atoms with Crippen LogP contribution in [0.2, 0.25) is 0 Å². The van der Waals surface area contributed by atoms with Crippen molar-refractivity contribution in [1.29, 1.82) is 5.26 Å². The highest BCUT2D eigenvalue weighted by Crippen LogP contribution is 2.51. The van der Waals surface area contributed by atoms with Gasteiger partial charge in [0, 0.05) is 16.9 Å². The summed E-state index contributed by atoms with van der Waals surface area (Å²) in [6.45, 7) is 0.364. The van der Waals surface area contributed by atoms with Gasteiger partial charge in [-0.25, -0.2) is 4.79 Å². The number of amides is 2. The number of nitriles is 1. The highest BCUT2D eigenvalue weighted by Gasteiger charge is 2.57. The topological polar surface area (TPSA) is 93.4 Å². The zero-order chi connectivity index (χ0) is 17.3. The number of benzene rings is 1. The van der Waals surface area contributed by atoms with Crippen LogP contribution in [0, 0.1) is 11.3 Å². The van der Waals surface area contributed by atoms with Crippen molar-refractivity contribution in [2.24, 2.45) is 0 Å². The van der Waals surface area contributed by atoms with E-state index in [1.54, 1.807) is 0 Å². The van der Waals surface area contributed by atoms with Gasteiger partial charge >= 0.3 is 6.09 Å². The zero-order valence-electron chi connectivity index (χ0n) is 13.0. The Morgan fingerprint density at radius 3 is 2.67 bits per heavy atom.